The summed E-state index contributed by atoms with van der Waals surface area (Å²) in [5.74, 6) is 1.29. The van der Waals surface area contributed by atoms with E-state index in [0.717, 1.165) is 37.3 Å². The van der Waals surface area contributed by atoms with Gasteiger partial charge in [-0.3, -0.25) is 4.79 Å². The highest BCUT2D eigenvalue weighted by molar-refractivity contribution is 5.79. The second kappa shape index (κ2) is 6.16. The second-order valence-corrected chi connectivity index (χ2v) is 7.20. The Morgan fingerprint density at radius 2 is 2.04 bits per heavy atom. The monoisotopic (exact) mass is 314 g/mol. The molecule has 1 aromatic rings. The average molecular weight is 314 g/mol. The van der Waals surface area contributed by atoms with Gasteiger partial charge in [0.1, 0.15) is 5.75 Å². The van der Waals surface area contributed by atoms with Crippen LogP contribution in [0.3, 0.4) is 0 Å². The van der Waals surface area contributed by atoms with E-state index >= 15 is 0 Å². The number of fused-ring (bicyclic) bond motifs is 1. The summed E-state index contributed by atoms with van der Waals surface area (Å²) in [4.78, 5) is 17.5. The third-order valence-corrected chi connectivity index (χ3v) is 5.75. The summed E-state index contributed by atoms with van der Waals surface area (Å²) in [7, 11) is 2.21. The summed E-state index contributed by atoms with van der Waals surface area (Å²) in [6, 6.07) is 7.22. The number of ether oxygens (including phenoxy) is 1. The Hall–Kier alpha value is -1.55. The van der Waals surface area contributed by atoms with Gasteiger partial charge in [0.2, 0.25) is 5.91 Å². The first kappa shape index (κ1) is 15.0. The second-order valence-electron chi connectivity index (χ2n) is 7.20. The van der Waals surface area contributed by atoms with Gasteiger partial charge < -0.3 is 14.5 Å². The molecule has 3 aliphatic heterocycles. The number of benzene rings is 1. The maximum atomic E-state index is 12.9. The standard InChI is InChI=1S/C19H26N2O2/c1-20-9-2-4-16(20)17-5-3-10-21(17)19(22)13-14-6-7-18-15(12-14)8-11-23-18/h6-7,12,16-17H,2-5,8-11,13H2,1H3/t16-,17+/m1/s1. The molecule has 2 fully saturated rings. The SMILES string of the molecule is CN1CCC[C@@H]1[C@@H]1CCCN1C(=O)Cc1ccc2c(c1)CCO2. The Morgan fingerprint density at radius 1 is 1.22 bits per heavy atom. The van der Waals surface area contributed by atoms with Crippen molar-refractivity contribution < 1.29 is 9.53 Å². The molecule has 4 heteroatoms. The van der Waals surface area contributed by atoms with Crippen molar-refractivity contribution in [1.82, 2.24) is 9.80 Å². The van der Waals surface area contributed by atoms with Crippen molar-refractivity contribution in [3.8, 4) is 5.75 Å². The Kier molecular flexibility index (Phi) is 4.02. The first-order chi connectivity index (χ1) is 11.2. The lowest BCUT2D eigenvalue weighted by atomic mass is 10.0. The number of likely N-dealkylation sites (N-methyl/N-ethyl adjacent to an activating group) is 1. The van der Waals surface area contributed by atoms with Gasteiger partial charge in [-0.25, -0.2) is 0 Å². The molecule has 3 heterocycles. The van der Waals surface area contributed by atoms with Gasteiger partial charge in [0.25, 0.3) is 0 Å². The van der Waals surface area contributed by atoms with Gasteiger partial charge in [0, 0.05) is 25.0 Å². The topological polar surface area (TPSA) is 32.8 Å². The van der Waals surface area contributed by atoms with Gasteiger partial charge >= 0.3 is 0 Å². The summed E-state index contributed by atoms with van der Waals surface area (Å²) >= 11 is 0. The predicted molar refractivity (Wildman–Crippen MR) is 89.7 cm³/mol. The zero-order valence-corrected chi connectivity index (χ0v) is 14.0. The largest absolute Gasteiger partial charge is 0.493 e. The van der Waals surface area contributed by atoms with E-state index in [2.05, 4.69) is 29.0 Å². The first-order valence-corrected chi connectivity index (χ1v) is 8.97. The van der Waals surface area contributed by atoms with Crippen LogP contribution in [0.25, 0.3) is 0 Å². The Bertz CT molecular complexity index is 601. The molecular formula is C19H26N2O2. The van der Waals surface area contributed by atoms with E-state index in [0.29, 0.717) is 24.4 Å². The summed E-state index contributed by atoms with van der Waals surface area (Å²) in [5, 5.41) is 0. The lowest BCUT2D eigenvalue weighted by molar-refractivity contribution is -0.132. The molecule has 23 heavy (non-hydrogen) atoms. The summed E-state index contributed by atoms with van der Waals surface area (Å²) in [6.07, 6.45) is 6.32. The van der Waals surface area contributed by atoms with E-state index in [1.807, 2.05) is 6.07 Å². The molecule has 0 bridgehead atoms. The zero-order chi connectivity index (χ0) is 15.8. The number of likely N-dealkylation sites (tertiary alicyclic amines) is 2. The zero-order valence-electron chi connectivity index (χ0n) is 14.0. The highest BCUT2D eigenvalue weighted by Gasteiger charge is 2.38. The summed E-state index contributed by atoms with van der Waals surface area (Å²) in [6.45, 7) is 2.88. The number of carbonyl (C=O) groups is 1. The Labute approximate surface area is 138 Å². The van der Waals surface area contributed by atoms with Crippen molar-refractivity contribution in [3.63, 3.8) is 0 Å². The molecular weight excluding hydrogens is 288 g/mol. The van der Waals surface area contributed by atoms with Gasteiger partial charge in [-0.05, 0) is 56.5 Å². The molecule has 0 unspecified atom stereocenters. The minimum atomic E-state index is 0.298. The molecule has 0 spiro atoms. The number of rotatable bonds is 3. The number of amides is 1. The van der Waals surface area contributed by atoms with Gasteiger partial charge in [-0.1, -0.05) is 12.1 Å². The molecule has 0 saturated carbocycles. The molecule has 1 aromatic carbocycles. The van der Waals surface area contributed by atoms with Gasteiger partial charge in [0.05, 0.1) is 13.0 Å². The van der Waals surface area contributed by atoms with E-state index in [-0.39, 0.29) is 0 Å². The molecule has 0 aliphatic carbocycles. The molecule has 4 rings (SSSR count). The van der Waals surface area contributed by atoms with Crippen molar-refractivity contribution in [2.24, 2.45) is 0 Å². The minimum Gasteiger partial charge on any atom is -0.493 e. The van der Waals surface area contributed by atoms with Crippen LogP contribution in [0.2, 0.25) is 0 Å². The third kappa shape index (κ3) is 2.85. The normalized spacial score (nSPS) is 27.3. The van der Waals surface area contributed by atoms with Crippen molar-refractivity contribution in [2.45, 2.75) is 50.6 Å². The van der Waals surface area contributed by atoms with Gasteiger partial charge in [0.15, 0.2) is 0 Å². The molecule has 0 aromatic heterocycles. The maximum Gasteiger partial charge on any atom is 0.227 e. The van der Waals surface area contributed by atoms with Crippen LogP contribution < -0.4 is 4.74 Å². The summed E-state index contributed by atoms with van der Waals surface area (Å²) in [5.41, 5.74) is 2.38. The van der Waals surface area contributed by atoms with Crippen LogP contribution in [0.15, 0.2) is 18.2 Å². The third-order valence-electron chi connectivity index (χ3n) is 5.75. The van der Waals surface area contributed by atoms with E-state index in [9.17, 15) is 4.79 Å². The van der Waals surface area contributed by atoms with Crippen LogP contribution in [0, 0.1) is 0 Å². The molecule has 124 valence electrons. The molecule has 0 N–H and O–H groups in total. The smallest absolute Gasteiger partial charge is 0.227 e. The van der Waals surface area contributed by atoms with Crippen molar-refractivity contribution in [1.29, 1.82) is 0 Å². The molecule has 2 saturated heterocycles. The molecule has 4 nitrogen and oxygen atoms in total. The van der Waals surface area contributed by atoms with Crippen molar-refractivity contribution in [3.05, 3.63) is 29.3 Å². The fourth-order valence-electron chi connectivity index (χ4n) is 4.55. The van der Waals surface area contributed by atoms with Gasteiger partial charge in [-0.2, -0.15) is 0 Å². The fraction of sp³-hybridized carbons (Fsp3) is 0.632. The quantitative estimate of drug-likeness (QED) is 0.858. The molecule has 1 amide bonds. The number of carbonyl (C=O) groups excluding carboxylic acids is 1. The lowest BCUT2D eigenvalue weighted by Crippen LogP contribution is -2.47. The van der Waals surface area contributed by atoms with Crippen LogP contribution in [-0.2, 0) is 17.6 Å². The predicted octanol–water partition coefficient (Wildman–Crippen LogP) is 2.25. The molecule has 3 aliphatic rings. The number of nitrogens with zero attached hydrogens (tertiary/aromatic N) is 2. The lowest BCUT2D eigenvalue weighted by Gasteiger charge is -2.33. The maximum absolute atomic E-state index is 12.9. The number of hydrogen-bond donors (Lipinski definition) is 0. The van der Waals surface area contributed by atoms with Crippen LogP contribution in [-0.4, -0.2) is 54.5 Å². The molecule has 0 radical (unpaired) electrons. The van der Waals surface area contributed by atoms with Crippen LogP contribution in [0.5, 0.6) is 5.75 Å². The van der Waals surface area contributed by atoms with Crippen LogP contribution in [0.1, 0.15) is 36.8 Å². The van der Waals surface area contributed by atoms with Crippen molar-refractivity contribution >= 4 is 5.91 Å². The van der Waals surface area contributed by atoms with Crippen LogP contribution in [0.4, 0.5) is 0 Å². The number of hydrogen-bond acceptors (Lipinski definition) is 3. The highest BCUT2D eigenvalue weighted by atomic mass is 16.5. The van der Waals surface area contributed by atoms with E-state index < -0.39 is 0 Å². The highest BCUT2D eigenvalue weighted by Crippen LogP contribution is 2.30. The van der Waals surface area contributed by atoms with E-state index in [4.69, 9.17) is 4.74 Å². The summed E-state index contributed by atoms with van der Waals surface area (Å²) < 4.78 is 5.55. The average Bonchev–Trinajstić information content (AvgIpc) is 3.25. The van der Waals surface area contributed by atoms with Gasteiger partial charge in [-0.15, -0.1) is 0 Å². The van der Waals surface area contributed by atoms with E-state index in [1.165, 1.54) is 31.4 Å². The van der Waals surface area contributed by atoms with Crippen LogP contribution >= 0.6 is 0 Å². The van der Waals surface area contributed by atoms with E-state index in [1.54, 1.807) is 0 Å². The fourth-order valence-corrected chi connectivity index (χ4v) is 4.55. The first-order valence-electron chi connectivity index (χ1n) is 8.97. The Balaban J connectivity index is 1.45. The van der Waals surface area contributed by atoms with Crippen molar-refractivity contribution in [2.75, 3.05) is 26.7 Å². The Morgan fingerprint density at radius 3 is 2.87 bits per heavy atom. The molecule has 2 atom stereocenters. The minimum absolute atomic E-state index is 0.298.